The summed E-state index contributed by atoms with van der Waals surface area (Å²) < 4.78 is 10.6. The number of rotatable bonds is 5. The molecule has 1 saturated heterocycles. The number of carbonyl (C=O) groups is 2. The summed E-state index contributed by atoms with van der Waals surface area (Å²) in [6, 6.07) is 2.88. The van der Waals surface area contributed by atoms with Crippen molar-refractivity contribution in [1.29, 1.82) is 0 Å². The van der Waals surface area contributed by atoms with Gasteiger partial charge in [-0.2, -0.15) is 5.06 Å². The van der Waals surface area contributed by atoms with Gasteiger partial charge in [0.25, 0.3) is 0 Å². The van der Waals surface area contributed by atoms with Crippen LogP contribution in [0.25, 0.3) is 0 Å². The first-order chi connectivity index (χ1) is 12.1. The molecular weight excluding hydrogens is 324 g/mol. The molecule has 0 bridgehead atoms. The Kier molecular flexibility index (Phi) is 4.83. The van der Waals surface area contributed by atoms with Gasteiger partial charge in [-0.25, -0.2) is 0 Å². The van der Waals surface area contributed by atoms with E-state index in [4.69, 9.17) is 14.3 Å². The second-order valence-electron chi connectivity index (χ2n) is 6.08. The van der Waals surface area contributed by atoms with Crippen LogP contribution < -0.4 is 14.5 Å². The number of ketones is 1. The molecule has 1 atom stereocenters. The number of hydrogen-bond acceptors (Lipinski definition) is 7. The molecule has 0 spiro atoms. The summed E-state index contributed by atoms with van der Waals surface area (Å²) in [5.41, 5.74) is 1.49. The van der Waals surface area contributed by atoms with E-state index in [0.717, 1.165) is 25.9 Å². The monoisotopic (exact) mass is 346 g/mol. The summed E-state index contributed by atoms with van der Waals surface area (Å²) in [6.07, 6.45) is 4.12. The van der Waals surface area contributed by atoms with Crippen molar-refractivity contribution in [2.75, 3.05) is 32.4 Å². The highest BCUT2D eigenvalue weighted by Crippen LogP contribution is 2.41. The van der Waals surface area contributed by atoms with Crippen LogP contribution in [0.3, 0.4) is 0 Å². The van der Waals surface area contributed by atoms with Gasteiger partial charge in [0.05, 0.1) is 31.5 Å². The normalized spacial score (nSPS) is 21.3. The minimum atomic E-state index is -0.399. The van der Waals surface area contributed by atoms with E-state index in [-0.39, 0.29) is 5.78 Å². The van der Waals surface area contributed by atoms with Crippen LogP contribution in [0.5, 0.6) is 11.5 Å². The van der Waals surface area contributed by atoms with Crippen LogP contribution >= 0.6 is 0 Å². The molecule has 2 heterocycles. The fourth-order valence-electron chi connectivity index (χ4n) is 3.34. The SMILES string of the molecule is COc1cc2c(cc1OC)N(OC=O)C(C)C(=CN1CCCC1)C2=O. The number of benzene rings is 1. The third-order valence-corrected chi connectivity index (χ3v) is 4.67. The zero-order valence-corrected chi connectivity index (χ0v) is 14.7. The number of anilines is 1. The van der Waals surface area contributed by atoms with Crippen molar-refractivity contribution < 1.29 is 23.9 Å². The molecule has 3 rings (SSSR count). The third kappa shape index (κ3) is 3.01. The number of hydrogen-bond donors (Lipinski definition) is 0. The van der Waals surface area contributed by atoms with E-state index in [1.807, 2.05) is 13.1 Å². The van der Waals surface area contributed by atoms with Crippen molar-refractivity contribution in [3.8, 4) is 11.5 Å². The second kappa shape index (κ2) is 7.04. The maximum atomic E-state index is 13.1. The standard InChI is InChI=1S/C18H22N2O5/c1-12-14(10-19-6-4-5-7-19)18(22)13-8-16(23-2)17(24-3)9-15(13)20(12)25-11-21/h8-12H,4-7H2,1-3H3. The first kappa shape index (κ1) is 17.1. The Morgan fingerprint density at radius 2 is 1.76 bits per heavy atom. The highest BCUT2D eigenvalue weighted by molar-refractivity contribution is 6.15. The Labute approximate surface area is 146 Å². The molecule has 1 aromatic rings. The van der Waals surface area contributed by atoms with Gasteiger partial charge in [-0.1, -0.05) is 0 Å². The fraction of sp³-hybridized carbons (Fsp3) is 0.444. The summed E-state index contributed by atoms with van der Waals surface area (Å²) in [4.78, 5) is 31.4. The number of carbonyl (C=O) groups excluding carboxylic acids is 2. The second-order valence-corrected chi connectivity index (χ2v) is 6.08. The summed E-state index contributed by atoms with van der Waals surface area (Å²) in [5.74, 6) is 0.824. The molecule has 134 valence electrons. The van der Waals surface area contributed by atoms with Gasteiger partial charge in [0, 0.05) is 30.9 Å². The van der Waals surface area contributed by atoms with Crippen LogP contribution in [0.2, 0.25) is 0 Å². The average Bonchev–Trinajstić information content (AvgIpc) is 3.14. The van der Waals surface area contributed by atoms with E-state index in [1.165, 1.54) is 19.3 Å². The number of Topliss-reactive ketones (excluding diaryl/α,β-unsaturated/α-hetero) is 1. The van der Waals surface area contributed by atoms with E-state index in [9.17, 15) is 9.59 Å². The van der Waals surface area contributed by atoms with Crippen LogP contribution in [0, 0.1) is 0 Å². The minimum Gasteiger partial charge on any atom is -0.493 e. The molecule has 2 aliphatic heterocycles. The molecule has 0 aliphatic carbocycles. The smallest absolute Gasteiger partial charge is 0.320 e. The first-order valence-corrected chi connectivity index (χ1v) is 8.26. The topological polar surface area (TPSA) is 68.3 Å². The Bertz CT molecular complexity index is 710. The van der Waals surface area contributed by atoms with Crippen LogP contribution in [0.15, 0.2) is 23.9 Å². The van der Waals surface area contributed by atoms with Gasteiger partial charge >= 0.3 is 6.47 Å². The molecule has 0 saturated carbocycles. The van der Waals surface area contributed by atoms with Gasteiger partial charge in [-0.3, -0.25) is 9.59 Å². The molecular formula is C18H22N2O5. The molecule has 0 N–H and O–H groups in total. The number of methoxy groups -OCH3 is 2. The molecule has 0 radical (unpaired) electrons. The lowest BCUT2D eigenvalue weighted by Gasteiger charge is -2.35. The molecule has 1 fully saturated rings. The van der Waals surface area contributed by atoms with Gasteiger partial charge in [0.1, 0.15) is 0 Å². The van der Waals surface area contributed by atoms with Crippen molar-refractivity contribution in [3.05, 3.63) is 29.5 Å². The lowest BCUT2D eigenvalue weighted by atomic mass is 9.91. The molecule has 25 heavy (non-hydrogen) atoms. The predicted molar refractivity (Wildman–Crippen MR) is 91.9 cm³/mol. The molecule has 7 heteroatoms. The maximum Gasteiger partial charge on any atom is 0.320 e. The summed E-state index contributed by atoms with van der Waals surface area (Å²) >= 11 is 0. The number of likely N-dealkylation sites (tertiary alicyclic amines) is 1. The summed E-state index contributed by atoms with van der Waals surface area (Å²) in [6.45, 7) is 4.05. The van der Waals surface area contributed by atoms with Gasteiger partial charge in [-0.15, -0.1) is 0 Å². The van der Waals surface area contributed by atoms with Crippen molar-refractivity contribution >= 4 is 17.9 Å². The quantitative estimate of drug-likeness (QED) is 0.598. The number of hydroxylamine groups is 1. The minimum absolute atomic E-state index is 0.0962. The Hall–Kier alpha value is -2.70. The molecule has 2 aliphatic rings. The number of ether oxygens (including phenoxy) is 2. The highest BCUT2D eigenvalue weighted by atomic mass is 16.7. The van der Waals surface area contributed by atoms with Crippen LogP contribution in [-0.2, 0) is 9.63 Å². The van der Waals surface area contributed by atoms with Crippen LogP contribution in [-0.4, -0.2) is 50.5 Å². The van der Waals surface area contributed by atoms with E-state index >= 15 is 0 Å². The lowest BCUT2D eigenvalue weighted by Crippen LogP contribution is -2.42. The van der Waals surface area contributed by atoms with E-state index in [1.54, 1.807) is 12.1 Å². The molecule has 1 unspecified atom stereocenters. The number of fused-ring (bicyclic) bond motifs is 1. The largest absolute Gasteiger partial charge is 0.493 e. The van der Waals surface area contributed by atoms with Crippen molar-refractivity contribution in [1.82, 2.24) is 4.90 Å². The maximum absolute atomic E-state index is 13.1. The van der Waals surface area contributed by atoms with Crippen molar-refractivity contribution in [3.63, 3.8) is 0 Å². The van der Waals surface area contributed by atoms with Gasteiger partial charge in [0.15, 0.2) is 17.3 Å². The number of nitrogens with zero attached hydrogens (tertiary/aromatic N) is 2. The van der Waals surface area contributed by atoms with Crippen molar-refractivity contribution in [2.45, 2.75) is 25.8 Å². The molecule has 7 nitrogen and oxygen atoms in total. The van der Waals surface area contributed by atoms with E-state index in [2.05, 4.69) is 4.90 Å². The third-order valence-electron chi connectivity index (χ3n) is 4.67. The van der Waals surface area contributed by atoms with Gasteiger partial charge in [0.2, 0.25) is 0 Å². The van der Waals surface area contributed by atoms with Crippen LogP contribution in [0.4, 0.5) is 5.69 Å². The summed E-state index contributed by atoms with van der Waals surface area (Å²) in [7, 11) is 3.03. The summed E-state index contributed by atoms with van der Waals surface area (Å²) in [5, 5.41) is 1.44. The van der Waals surface area contributed by atoms with Crippen LogP contribution in [0.1, 0.15) is 30.1 Å². The Morgan fingerprint density at radius 3 is 2.36 bits per heavy atom. The first-order valence-electron chi connectivity index (χ1n) is 8.26. The zero-order chi connectivity index (χ0) is 18.0. The van der Waals surface area contributed by atoms with E-state index in [0.29, 0.717) is 34.8 Å². The van der Waals surface area contributed by atoms with E-state index < -0.39 is 6.04 Å². The van der Waals surface area contributed by atoms with Crippen molar-refractivity contribution in [2.24, 2.45) is 0 Å². The predicted octanol–water partition coefficient (Wildman–Crippen LogP) is 2.16. The average molecular weight is 346 g/mol. The molecule has 0 amide bonds. The lowest BCUT2D eigenvalue weighted by molar-refractivity contribution is -0.130. The highest BCUT2D eigenvalue weighted by Gasteiger charge is 2.36. The molecule has 0 aromatic heterocycles. The Morgan fingerprint density at radius 1 is 1.12 bits per heavy atom. The fourth-order valence-corrected chi connectivity index (χ4v) is 3.34. The zero-order valence-electron chi connectivity index (χ0n) is 14.7. The Balaban J connectivity index is 2.11. The van der Waals surface area contributed by atoms with Gasteiger partial charge < -0.3 is 19.2 Å². The molecule has 1 aromatic carbocycles. The van der Waals surface area contributed by atoms with Gasteiger partial charge in [-0.05, 0) is 25.8 Å².